The average Bonchev–Trinajstić information content (AvgIpc) is 2.36. The molecule has 0 aliphatic heterocycles. The molecule has 0 bridgehead atoms. The van der Waals surface area contributed by atoms with Crippen LogP contribution in [0.2, 0.25) is 10.0 Å². The maximum absolute atomic E-state index is 5.98. The summed E-state index contributed by atoms with van der Waals surface area (Å²) < 4.78 is 5.46. The van der Waals surface area contributed by atoms with Gasteiger partial charge >= 0.3 is 0 Å². The minimum absolute atomic E-state index is 0.338. The Kier molecular flexibility index (Phi) is 3.78. The summed E-state index contributed by atoms with van der Waals surface area (Å²) in [5, 5.41) is 8.50. The van der Waals surface area contributed by atoms with Gasteiger partial charge in [-0.2, -0.15) is 5.10 Å². The van der Waals surface area contributed by atoms with Crippen molar-refractivity contribution in [2.24, 2.45) is 5.73 Å². The molecule has 0 radical (unpaired) electrons. The molecule has 1 heterocycles. The molecule has 0 saturated carbocycles. The van der Waals surface area contributed by atoms with Crippen molar-refractivity contribution >= 4 is 23.2 Å². The molecule has 0 aliphatic rings. The van der Waals surface area contributed by atoms with Gasteiger partial charge in [-0.25, -0.2) is 0 Å². The van der Waals surface area contributed by atoms with Crippen molar-refractivity contribution in [1.29, 1.82) is 0 Å². The van der Waals surface area contributed by atoms with Crippen LogP contribution in [0.15, 0.2) is 30.3 Å². The molecule has 2 rings (SSSR count). The number of benzene rings is 1. The van der Waals surface area contributed by atoms with Crippen molar-refractivity contribution < 1.29 is 4.74 Å². The number of nitrogens with zero attached hydrogens (tertiary/aromatic N) is 2. The predicted octanol–water partition coefficient (Wildman–Crippen LogP) is 3.03. The van der Waals surface area contributed by atoms with Crippen LogP contribution in [0.1, 0.15) is 5.69 Å². The highest BCUT2D eigenvalue weighted by atomic mass is 35.5. The van der Waals surface area contributed by atoms with E-state index < -0.39 is 0 Å². The summed E-state index contributed by atoms with van der Waals surface area (Å²) in [6.45, 7) is 0.338. The molecule has 2 N–H and O–H groups in total. The van der Waals surface area contributed by atoms with Crippen molar-refractivity contribution in [3.63, 3.8) is 0 Å². The fourth-order valence-corrected chi connectivity index (χ4v) is 1.52. The molecule has 0 spiro atoms. The molecule has 2 aromatic rings. The second kappa shape index (κ2) is 5.31. The van der Waals surface area contributed by atoms with Crippen LogP contribution in [-0.2, 0) is 6.54 Å². The number of hydrogen-bond donors (Lipinski definition) is 1. The topological polar surface area (TPSA) is 61.0 Å². The van der Waals surface area contributed by atoms with E-state index in [0.29, 0.717) is 33.9 Å². The van der Waals surface area contributed by atoms with Crippen LogP contribution in [0.3, 0.4) is 0 Å². The van der Waals surface area contributed by atoms with Gasteiger partial charge < -0.3 is 10.5 Å². The molecule has 0 unspecified atom stereocenters. The number of halogens is 2. The maximum atomic E-state index is 5.98. The molecule has 1 aromatic carbocycles. The lowest BCUT2D eigenvalue weighted by atomic mass is 10.3. The molecule has 0 saturated heterocycles. The fraction of sp³-hybridized carbons (Fsp3) is 0.0909. The Balaban J connectivity index is 2.22. The quantitative estimate of drug-likeness (QED) is 0.931. The SMILES string of the molecule is NCc1ccc(Oc2cccc(Cl)c2Cl)nn1. The van der Waals surface area contributed by atoms with E-state index >= 15 is 0 Å². The minimum Gasteiger partial charge on any atom is -0.436 e. The molecule has 6 heteroatoms. The lowest BCUT2D eigenvalue weighted by Gasteiger charge is -2.06. The first kappa shape index (κ1) is 12.1. The zero-order valence-electron chi connectivity index (χ0n) is 8.73. The molecule has 0 amide bonds. The molecule has 0 fully saturated rings. The summed E-state index contributed by atoms with van der Waals surface area (Å²) in [6.07, 6.45) is 0. The normalized spacial score (nSPS) is 10.3. The minimum atomic E-state index is 0.338. The number of nitrogens with two attached hydrogens (primary N) is 1. The number of rotatable bonds is 3. The highest BCUT2D eigenvalue weighted by Gasteiger charge is 2.07. The monoisotopic (exact) mass is 269 g/mol. The summed E-state index contributed by atoms with van der Waals surface area (Å²) in [7, 11) is 0. The largest absolute Gasteiger partial charge is 0.436 e. The van der Waals surface area contributed by atoms with Gasteiger partial charge in [0.05, 0.1) is 10.7 Å². The van der Waals surface area contributed by atoms with Crippen LogP contribution in [0.4, 0.5) is 0 Å². The zero-order valence-corrected chi connectivity index (χ0v) is 10.2. The van der Waals surface area contributed by atoms with Crippen LogP contribution in [0.25, 0.3) is 0 Å². The summed E-state index contributed by atoms with van der Waals surface area (Å²) >= 11 is 11.8. The van der Waals surface area contributed by atoms with E-state index in [1.54, 1.807) is 30.3 Å². The lowest BCUT2D eigenvalue weighted by Crippen LogP contribution is -2.01. The molecular formula is C11H9Cl2N3O. The third-order valence-corrected chi connectivity index (χ3v) is 2.84. The maximum Gasteiger partial charge on any atom is 0.238 e. The van der Waals surface area contributed by atoms with E-state index in [1.165, 1.54) is 0 Å². The van der Waals surface area contributed by atoms with Crippen LogP contribution in [0, 0.1) is 0 Å². The van der Waals surface area contributed by atoms with Gasteiger partial charge in [-0.3, -0.25) is 0 Å². The zero-order chi connectivity index (χ0) is 12.3. The lowest BCUT2D eigenvalue weighted by molar-refractivity contribution is 0.454. The number of ether oxygens (including phenoxy) is 1. The van der Waals surface area contributed by atoms with Crippen molar-refractivity contribution in [2.45, 2.75) is 6.54 Å². The molecule has 0 atom stereocenters. The van der Waals surface area contributed by atoms with E-state index in [0.717, 1.165) is 0 Å². The van der Waals surface area contributed by atoms with Crippen LogP contribution >= 0.6 is 23.2 Å². The Bertz CT molecular complexity index is 517. The average molecular weight is 270 g/mol. The van der Waals surface area contributed by atoms with Gasteiger partial charge in [0.25, 0.3) is 0 Å². The van der Waals surface area contributed by atoms with Crippen LogP contribution in [0.5, 0.6) is 11.6 Å². The third-order valence-electron chi connectivity index (χ3n) is 2.04. The first-order chi connectivity index (χ1) is 8.20. The second-order valence-electron chi connectivity index (χ2n) is 3.22. The third kappa shape index (κ3) is 2.85. The van der Waals surface area contributed by atoms with Crippen molar-refractivity contribution in [1.82, 2.24) is 10.2 Å². The van der Waals surface area contributed by atoms with Crippen LogP contribution < -0.4 is 10.5 Å². The first-order valence-corrected chi connectivity index (χ1v) is 5.61. The Morgan fingerprint density at radius 2 is 1.94 bits per heavy atom. The van der Waals surface area contributed by atoms with Crippen molar-refractivity contribution in [3.8, 4) is 11.6 Å². The Morgan fingerprint density at radius 1 is 1.12 bits per heavy atom. The molecule has 88 valence electrons. The van der Waals surface area contributed by atoms with Crippen molar-refractivity contribution in [3.05, 3.63) is 46.1 Å². The van der Waals surface area contributed by atoms with Gasteiger partial charge in [0.15, 0.2) is 0 Å². The van der Waals surface area contributed by atoms with Gasteiger partial charge in [0.1, 0.15) is 10.8 Å². The van der Waals surface area contributed by atoms with Crippen LogP contribution in [-0.4, -0.2) is 10.2 Å². The fourth-order valence-electron chi connectivity index (χ4n) is 1.19. The highest BCUT2D eigenvalue weighted by Crippen LogP contribution is 2.33. The van der Waals surface area contributed by atoms with Gasteiger partial charge in [0.2, 0.25) is 5.88 Å². The summed E-state index contributed by atoms with van der Waals surface area (Å²) in [5.74, 6) is 0.778. The van der Waals surface area contributed by atoms with Gasteiger partial charge in [-0.1, -0.05) is 29.3 Å². The van der Waals surface area contributed by atoms with E-state index in [4.69, 9.17) is 33.7 Å². The van der Waals surface area contributed by atoms with E-state index in [2.05, 4.69) is 10.2 Å². The highest BCUT2D eigenvalue weighted by molar-refractivity contribution is 6.42. The number of hydrogen-bond acceptors (Lipinski definition) is 4. The summed E-state index contributed by atoms with van der Waals surface area (Å²) in [5.41, 5.74) is 6.10. The van der Waals surface area contributed by atoms with E-state index in [1.807, 2.05) is 0 Å². The Morgan fingerprint density at radius 3 is 2.59 bits per heavy atom. The van der Waals surface area contributed by atoms with E-state index in [-0.39, 0.29) is 0 Å². The molecule has 1 aromatic heterocycles. The molecule has 17 heavy (non-hydrogen) atoms. The van der Waals surface area contributed by atoms with Gasteiger partial charge in [0, 0.05) is 12.6 Å². The summed E-state index contributed by atoms with van der Waals surface area (Å²) in [4.78, 5) is 0. The molecule has 4 nitrogen and oxygen atoms in total. The Hall–Kier alpha value is -1.36. The molecular weight excluding hydrogens is 261 g/mol. The van der Waals surface area contributed by atoms with E-state index in [9.17, 15) is 0 Å². The smallest absolute Gasteiger partial charge is 0.238 e. The standard InChI is InChI=1S/C11H9Cl2N3O/c12-8-2-1-3-9(11(8)13)17-10-5-4-7(6-14)15-16-10/h1-5H,6,14H2. The predicted molar refractivity (Wildman–Crippen MR) is 66.5 cm³/mol. The second-order valence-corrected chi connectivity index (χ2v) is 4.01. The number of aromatic nitrogens is 2. The van der Waals surface area contributed by atoms with Gasteiger partial charge in [-0.15, -0.1) is 5.10 Å². The Labute approximate surface area is 108 Å². The van der Waals surface area contributed by atoms with Crippen molar-refractivity contribution in [2.75, 3.05) is 0 Å². The summed E-state index contributed by atoms with van der Waals surface area (Å²) in [6, 6.07) is 8.53. The van der Waals surface area contributed by atoms with Gasteiger partial charge in [-0.05, 0) is 18.2 Å². The first-order valence-electron chi connectivity index (χ1n) is 4.85. The molecule has 0 aliphatic carbocycles.